The van der Waals surface area contributed by atoms with Gasteiger partial charge in [-0.15, -0.1) is 4.67 Å². The molecule has 1 aliphatic rings. The molecule has 2 rings (SSSR count). The molecule has 1 aliphatic heterocycles. The normalized spacial score (nSPS) is 21.7. The van der Waals surface area contributed by atoms with Crippen LogP contribution in [0.3, 0.4) is 0 Å². The lowest BCUT2D eigenvalue weighted by Gasteiger charge is -2.25. The highest BCUT2D eigenvalue weighted by Gasteiger charge is 2.47. The lowest BCUT2D eigenvalue weighted by molar-refractivity contribution is -0.258. The molecule has 0 bridgehead atoms. The minimum atomic E-state index is -5.11. The molecule has 7 atom stereocenters. The zero-order valence-electron chi connectivity index (χ0n) is 31.3. The molecule has 3 unspecified atom stereocenters. The zero-order chi connectivity index (χ0) is 38.6. The molecule has 52 heavy (non-hydrogen) atoms. The molecule has 17 heteroatoms. The number of nitrogens with one attached hydrogen (secondary N) is 1. The van der Waals surface area contributed by atoms with E-state index in [0.717, 1.165) is 50.7 Å². The fourth-order valence-electron chi connectivity index (χ4n) is 5.83. The minimum absolute atomic E-state index is 0.0321. The van der Waals surface area contributed by atoms with Gasteiger partial charge in [0.25, 0.3) is 5.56 Å². The first-order chi connectivity index (χ1) is 24.8. The molecule has 304 valence electrons. The van der Waals surface area contributed by atoms with E-state index in [9.17, 15) is 37.5 Å². The lowest BCUT2D eigenvalue weighted by Crippen LogP contribution is -2.40. The topological polar surface area (TPSA) is 159 Å². The maximum absolute atomic E-state index is 13.6. The number of aromatic amines is 1. The number of hydrogen-bond acceptors (Lipinski definition) is 11. The molecule has 0 spiro atoms. The number of ether oxygens (including phenoxy) is 1. The molecular weight excluding hydrogens is 728 g/mol. The van der Waals surface area contributed by atoms with Crippen molar-refractivity contribution < 1.29 is 51.3 Å². The van der Waals surface area contributed by atoms with Gasteiger partial charge in [-0.1, -0.05) is 111 Å². The highest BCUT2D eigenvalue weighted by atomic mass is 32.2. The number of aromatic nitrogens is 2. The summed E-state index contributed by atoms with van der Waals surface area (Å²) < 4.78 is 75.5. The van der Waals surface area contributed by atoms with E-state index >= 15 is 0 Å². The minimum Gasteiger partial charge on any atom is -0.387 e. The lowest BCUT2D eigenvalue weighted by atomic mass is 10.1. The number of unbranched alkanes of at least 4 members (excludes halogenated alkanes) is 13. The Kier molecular flexibility index (Phi) is 22.6. The molecule has 12 nitrogen and oxygen atoms in total. The van der Waals surface area contributed by atoms with Gasteiger partial charge in [-0.25, -0.2) is 14.2 Å². The van der Waals surface area contributed by atoms with Crippen molar-refractivity contribution in [2.45, 2.75) is 179 Å². The summed E-state index contributed by atoms with van der Waals surface area (Å²) in [6.45, 7) is 7.26. The van der Waals surface area contributed by atoms with Crippen LogP contribution in [0, 0.1) is 0 Å². The van der Waals surface area contributed by atoms with Crippen LogP contribution in [-0.4, -0.2) is 68.4 Å². The van der Waals surface area contributed by atoms with Crippen molar-refractivity contribution in [2.24, 2.45) is 0 Å². The van der Waals surface area contributed by atoms with Gasteiger partial charge in [-0.3, -0.25) is 23.4 Å². The quantitative estimate of drug-likeness (QED) is 0.0310. The van der Waals surface area contributed by atoms with Gasteiger partial charge in [0.2, 0.25) is 0 Å². The molecule has 1 fully saturated rings. The summed E-state index contributed by atoms with van der Waals surface area (Å²) in [6, 6.07) is 0. The second-order valence-electron chi connectivity index (χ2n) is 13.5. The summed E-state index contributed by atoms with van der Waals surface area (Å²) in [7, 11) is -4.43. The van der Waals surface area contributed by atoms with Gasteiger partial charge in [0.15, 0.2) is 6.23 Å². The number of rotatable bonds is 29. The standard InChI is InChI=1S/C35H62F3N2O10PS/c1-5-8-10-12-13-14-15-16-18-20-23-52-29(21-19-17-11-9-6-2)26(4)49-50-51(45,46-22-7-3)47-25-28-30(41)31(42)33(48-28)40-24-27(35(36,37)38)32(43)39-34(40)44/h24,26,28-31,33,41-42H,5-23,25H2,1-4H3,(H,39,43,44)/t26?,28-,29?,30-,31-,33-,51?/m1/s1. The van der Waals surface area contributed by atoms with Gasteiger partial charge < -0.3 is 14.9 Å². The van der Waals surface area contributed by atoms with Crippen molar-refractivity contribution in [1.82, 2.24) is 9.55 Å². The van der Waals surface area contributed by atoms with Crippen LogP contribution in [0.25, 0.3) is 0 Å². The first-order valence-electron chi connectivity index (χ1n) is 19.1. The smallest absolute Gasteiger partial charge is 0.387 e. The van der Waals surface area contributed by atoms with Gasteiger partial charge in [0, 0.05) is 11.4 Å². The summed E-state index contributed by atoms with van der Waals surface area (Å²) in [4.78, 5) is 31.2. The van der Waals surface area contributed by atoms with Crippen LogP contribution in [0.1, 0.15) is 149 Å². The van der Waals surface area contributed by atoms with Gasteiger partial charge in [-0.2, -0.15) is 24.9 Å². The Labute approximate surface area is 310 Å². The Morgan fingerprint density at radius 2 is 1.46 bits per heavy atom. The number of halogens is 3. The maximum Gasteiger partial charge on any atom is 0.502 e. The van der Waals surface area contributed by atoms with E-state index in [2.05, 4.69) is 13.8 Å². The Balaban J connectivity index is 1.99. The van der Waals surface area contributed by atoms with Crippen LogP contribution >= 0.6 is 19.6 Å². The predicted molar refractivity (Wildman–Crippen MR) is 195 cm³/mol. The monoisotopic (exact) mass is 790 g/mol. The first kappa shape index (κ1) is 46.9. The average Bonchev–Trinajstić information content (AvgIpc) is 3.38. The Hall–Kier alpha value is -1.23. The molecule has 1 aromatic heterocycles. The summed E-state index contributed by atoms with van der Waals surface area (Å²) in [5, 5.41) is 21.2. The summed E-state index contributed by atoms with van der Waals surface area (Å²) in [5.41, 5.74) is -4.67. The molecule has 1 saturated heterocycles. The Bertz CT molecular complexity index is 1290. The molecule has 0 amide bonds. The van der Waals surface area contributed by atoms with Gasteiger partial charge in [-0.05, 0) is 31.9 Å². The van der Waals surface area contributed by atoms with E-state index < -0.39 is 68.1 Å². The second kappa shape index (κ2) is 25.0. The fourth-order valence-corrected chi connectivity index (χ4v) is 8.29. The summed E-state index contributed by atoms with van der Waals surface area (Å²) in [5.74, 6) is 0.952. The number of aliphatic hydroxyl groups is 2. The van der Waals surface area contributed by atoms with E-state index in [1.165, 1.54) is 62.8 Å². The van der Waals surface area contributed by atoms with Crippen molar-refractivity contribution >= 4 is 19.6 Å². The molecule has 0 radical (unpaired) electrons. The summed E-state index contributed by atoms with van der Waals surface area (Å²) in [6.07, 6.45) is 7.04. The van der Waals surface area contributed by atoms with Crippen molar-refractivity contribution in [1.29, 1.82) is 0 Å². The number of phosphoric ester groups is 1. The van der Waals surface area contributed by atoms with Gasteiger partial charge >= 0.3 is 19.7 Å². The maximum atomic E-state index is 13.6. The fraction of sp³-hybridized carbons (Fsp3) is 0.886. The number of nitrogens with zero attached hydrogens (tertiary/aromatic N) is 1. The average molecular weight is 791 g/mol. The number of H-pyrrole nitrogens is 1. The SMILES string of the molecule is CCCCCCCCCCCCSC(CCCCCCC)C(C)OOP(=O)(OCCC)OC[C@H]1O[C@@H](n2cc(C(F)(F)F)c(=O)[nH]c2=O)[C@H](O)[C@@H]1O. The van der Waals surface area contributed by atoms with Crippen LogP contribution in [0.4, 0.5) is 13.2 Å². The summed E-state index contributed by atoms with van der Waals surface area (Å²) >= 11 is 1.80. The third-order valence-electron chi connectivity index (χ3n) is 8.97. The van der Waals surface area contributed by atoms with Gasteiger partial charge in [0.05, 0.1) is 13.2 Å². The van der Waals surface area contributed by atoms with E-state index in [4.69, 9.17) is 23.3 Å². The van der Waals surface area contributed by atoms with Crippen molar-refractivity contribution in [3.05, 3.63) is 32.6 Å². The third-order valence-corrected chi connectivity index (χ3v) is 11.8. The molecule has 0 aromatic carbocycles. The van der Waals surface area contributed by atoms with E-state index in [1.54, 1.807) is 18.7 Å². The third kappa shape index (κ3) is 16.6. The van der Waals surface area contributed by atoms with E-state index in [0.29, 0.717) is 11.0 Å². The number of phosphoric acid groups is 1. The Morgan fingerprint density at radius 3 is 2.04 bits per heavy atom. The molecule has 0 aliphatic carbocycles. The van der Waals surface area contributed by atoms with Crippen LogP contribution in [-0.2, 0) is 34.1 Å². The molecule has 2 heterocycles. The zero-order valence-corrected chi connectivity index (χ0v) is 33.0. The number of hydrogen-bond donors (Lipinski definition) is 3. The highest BCUT2D eigenvalue weighted by Crippen LogP contribution is 2.51. The van der Waals surface area contributed by atoms with Gasteiger partial charge in [0.1, 0.15) is 30.0 Å². The second-order valence-corrected chi connectivity index (χ2v) is 16.4. The molecular formula is C35H62F3N2O10PS. The first-order valence-corrected chi connectivity index (χ1v) is 21.6. The van der Waals surface area contributed by atoms with Crippen molar-refractivity contribution in [2.75, 3.05) is 19.0 Å². The molecule has 0 saturated carbocycles. The Morgan fingerprint density at radius 1 is 0.885 bits per heavy atom. The van der Waals surface area contributed by atoms with Crippen LogP contribution in [0.2, 0.25) is 0 Å². The van der Waals surface area contributed by atoms with Crippen molar-refractivity contribution in [3.63, 3.8) is 0 Å². The number of alkyl halides is 3. The number of thioether (sulfide) groups is 1. The predicted octanol–water partition coefficient (Wildman–Crippen LogP) is 8.45. The highest BCUT2D eigenvalue weighted by molar-refractivity contribution is 7.99. The largest absolute Gasteiger partial charge is 0.502 e. The van der Waals surface area contributed by atoms with Crippen LogP contribution in [0.5, 0.6) is 0 Å². The van der Waals surface area contributed by atoms with Crippen LogP contribution in [0.15, 0.2) is 15.8 Å². The van der Waals surface area contributed by atoms with E-state index in [1.807, 2.05) is 6.92 Å². The molecule has 3 N–H and O–H groups in total. The van der Waals surface area contributed by atoms with E-state index in [-0.39, 0.29) is 18.1 Å². The number of aliphatic hydroxyl groups excluding tert-OH is 2. The van der Waals surface area contributed by atoms with Crippen molar-refractivity contribution in [3.8, 4) is 0 Å². The molecule has 1 aromatic rings. The van der Waals surface area contributed by atoms with Crippen LogP contribution < -0.4 is 11.2 Å².